The predicted octanol–water partition coefficient (Wildman–Crippen LogP) is 6.53. The first-order valence-electron chi connectivity index (χ1n) is 9.97. The third kappa shape index (κ3) is 4.06. The van der Waals surface area contributed by atoms with E-state index in [4.69, 9.17) is 4.98 Å². The van der Waals surface area contributed by atoms with Gasteiger partial charge < -0.3 is 5.32 Å². The number of hydrogen-bond donors (Lipinski definition) is 1. The summed E-state index contributed by atoms with van der Waals surface area (Å²) in [5, 5.41) is 5.17. The van der Waals surface area contributed by atoms with E-state index in [1.165, 1.54) is 12.1 Å². The number of benzene rings is 1. The van der Waals surface area contributed by atoms with Crippen molar-refractivity contribution < 1.29 is 4.39 Å². The number of rotatable bonds is 6. The van der Waals surface area contributed by atoms with Crippen molar-refractivity contribution in [2.45, 2.75) is 26.7 Å². The molecule has 0 bridgehead atoms. The van der Waals surface area contributed by atoms with Crippen LogP contribution in [-0.2, 0) is 0 Å². The monoisotopic (exact) mass is 398 g/mol. The Morgan fingerprint density at radius 3 is 2.67 bits per heavy atom. The molecule has 30 heavy (non-hydrogen) atoms. The van der Waals surface area contributed by atoms with Crippen molar-refractivity contribution in [3.63, 3.8) is 0 Å². The molecule has 0 amide bonds. The summed E-state index contributed by atoms with van der Waals surface area (Å²) in [6.45, 7) is 8.13. The van der Waals surface area contributed by atoms with Gasteiger partial charge in [-0.3, -0.25) is 4.98 Å². The van der Waals surface area contributed by atoms with Crippen LogP contribution in [0.4, 0.5) is 10.2 Å². The molecule has 0 unspecified atom stereocenters. The third-order valence-corrected chi connectivity index (χ3v) is 5.00. The first-order valence-corrected chi connectivity index (χ1v) is 9.97. The van der Waals surface area contributed by atoms with Gasteiger partial charge in [-0.25, -0.2) is 14.4 Å². The van der Waals surface area contributed by atoms with Gasteiger partial charge >= 0.3 is 0 Å². The van der Waals surface area contributed by atoms with Crippen molar-refractivity contribution in [3.05, 3.63) is 84.7 Å². The maximum absolute atomic E-state index is 13.9. The molecular weight excluding hydrogens is 375 g/mol. The van der Waals surface area contributed by atoms with Crippen molar-refractivity contribution in [3.8, 4) is 22.5 Å². The van der Waals surface area contributed by atoms with E-state index in [0.717, 1.165) is 57.5 Å². The summed E-state index contributed by atoms with van der Waals surface area (Å²) in [6.07, 6.45) is 7.20. The van der Waals surface area contributed by atoms with Gasteiger partial charge in [-0.15, -0.1) is 0 Å². The molecule has 0 aliphatic rings. The van der Waals surface area contributed by atoms with Gasteiger partial charge in [0, 0.05) is 46.2 Å². The fourth-order valence-electron chi connectivity index (χ4n) is 3.50. The number of fused-ring (bicyclic) bond motifs is 1. The average molecular weight is 398 g/mol. The molecule has 1 aromatic carbocycles. The van der Waals surface area contributed by atoms with Gasteiger partial charge in [-0.1, -0.05) is 26.0 Å². The maximum Gasteiger partial charge on any atom is 0.130 e. The maximum atomic E-state index is 13.9. The lowest BCUT2D eigenvalue weighted by atomic mass is 10.00. The average Bonchev–Trinajstić information content (AvgIpc) is 2.75. The number of hydrogen-bond acceptors (Lipinski definition) is 4. The van der Waals surface area contributed by atoms with Gasteiger partial charge in [0.15, 0.2) is 0 Å². The van der Waals surface area contributed by atoms with Gasteiger partial charge in [-0.2, -0.15) is 0 Å². The van der Waals surface area contributed by atoms with Crippen molar-refractivity contribution in [1.29, 1.82) is 0 Å². The van der Waals surface area contributed by atoms with E-state index in [0.29, 0.717) is 5.69 Å². The largest absolute Gasteiger partial charge is 0.344 e. The van der Waals surface area contributed by atoms with Gasteiger partial charge in [-0.05, 0) is 55.3 Å². The minimum atomic E-state index is -0.282. The quantitative estimate of drug-likeness (QED) is 0.401. The zero-order valence-corrected chi connectivity index (χ0v) is 17.1. The molecule has 0 saturated carbocycles. The molecule has 0 saturated heterocycles. The van der Waals surface area contributed by atoms with E-state index in [9.17, 15) is 4.39 Å². The van der Waals surface area contributed by atoms with Gasteiger partial charge in [0.1, 0.15) is 11.6 Å². The van der Waals surface area contributed by atoms with Crippen LogP contribution in [0.2, 0.25) is 0 Å². The van der Waals surface area contributed by atoms with E-state index >= 15 is 0 Å². The minimum absolute atomic E-state index is 0.282. The van der Waals surface area contributed by atoms with E-state index in [2.05, 4.69) is 28.8 Å². The highest BCUT2D eigenvalue weighted by atomic mass is 19.1. The van der Waals surface area contributed by atoms with Crippen LogP contribution in [0.25, 0.3) is 33.3 Å². The Morgan fingerprint density at radius 1 is 1.10 bits per heavy atom. The molecule has 4 rings (SSSR count). The molecule has 150 valence electrons. The molecular formula is C25H23FN4. The van der Waals surface area contributed by atoms with Crippen molar-refractivity contribution in [1.82, 2.24) is 15.0 Å². The summed E-state index contributed by atoms with van der Waals surface area (Å²) in [5.41, 5.74) is 5.12. The lowest BCUT2D eigenvalue weighted by Crippen LogP contribution is -2.00. The summed E-state index contributed by atoms with van der Waals surface area (Å²) >= 11 is 0. The van der Waals surface area contributed by atoms with E-state index in [1.54, 1.807) is 18.5 Å². The zero-order chi connectivity index (χ0) is 21.1. The number of aromatic nitrogens is 3. The second-order valence-corrected chi connectivity index (χ2v) is 7.32. The summed E-state index contributed by atoms with van der Waals surface area (Å²) in [5.74, 6) is 0.447. The second-order valence-electron chi connectivity index (χ2n) is 7.32. The summed E-state index contributed by atoms with van der Waals surface area (Å²) in [7, 11) is 0. The highest BCUT2D eigenvalue weighted by Crippen LogP contribution is 2.33. The van der Waals surface area contributed by atoms with E-state index < -0.39 is 0 Å². The summed E-state index contributed by atoms with van der Waals surface area (Å²) < 4.78 is 13.9. The van der Waals surface area contributed by atoms with Crippen LogP contribution in [0.3, 0.4) is 0 Å². The molecule has 0 aliphatic carbocycles. The number of aryl methyl sites for hydroxylation is 1. The van der Waals surface area contributed by atoms with Gasteiger partial charge in [0.05, 0.1) is 11.4 Å². The Morgan fingerprint density at radius 2 is 1.90 bits per heavy atom. The fraction of sp³-hybridized carbons (Fsp3) is 0.160. The van der Waals surface area contributed by atoms with Crippen LogP contribution in [-0.4, -0.2) is 15.0 Å². The number of allylic oxidation sites excluding steroid dienone is 1. The van der Waals surface area contributed by atoms with Crippen LogP contribution in [0.5, 0.6) is 0 Å². The normalized spacial score (nSPS) is 10.9. The molecule has 0 atom stereocenters. The lowest BCUT2D eigenvalue weighted by Gasteiger charge is -2.14. The molecule has 4 aromatic rings. The molecule has 3 heterocycles. The summed E-state index contributed by atoms with van der Waals surface area (Å²) in [4.78, 5) is 13.6. The Bertz CT molecular complexity index is 1220. The first kappa shape index (κ1) is 19.7. The molecule has 4 nitrogen and oxygen atoms in total. The predicted molar refractivity (Wildman–Crippen MR) is 121 cm³/mol. The second kappa shape index (κ2) is 8.41. The van der Waals surface area contributed by atoms with Crippen molar-refractivity contribution >= 4 is 16.6 Å². The van der Waals surface area contributed by atoms with Crippen molar-refractivity contribution in [2.24, 2.45) is 0 Å². The molecule has 3 aromatic heterocycles. The van der Waals surface area contributed by atoms with Crippen LogP contribution in [0.1, 0.15) is 25.3 Å². The Hall–Kier alpha value is -3.60. The fourth-order valence-corrected chi connectivity index (χ4v) is 3.50. The molecule has 0 spiro atoms. The van der Waals surface area contributed by atoms with E-state index in [-0.39, 0.29) is 5.82 Å². The van der Waals surface area contributed by atoms with Crippen LogP contribution >= 0.6 is 0 Å². The van der Waals surface area contributed by atoms with E-state index in [1.807, 2.05) is 37.4 Å². The standard InChI is InChI=1S/C25H23FN4/c1-4-5-17(3)29-24-14-22-19(15-28-24)12-23(21-13-20(26)7-6-16(21)2)30-25(22)18-8-10-27-11-9-18/h6-15H,3-5H2,1-2H3,(H,28,29). The zero-order valence-electron chi connectivity index (χ0n) is 17.1. The topological polar surface area (TPSA) is 50.7 Å². The number of anilines is 1. The number of nitrogens with zero attached hydrogens (tertiary/aromatic N) is 3. The molecule has 1 N–H and O–H groups in total. The molecule has 0 aliphatic heterocycles. The third-order valence-electron chi connectivity index (χ3n) is 5.00. The smallest absolute Gasteiger partial charge is 0.130 e. The molecule has 0 radical (unpaired) electrons. The van der Waals surface area contributed by atoms with Crippen molar-refractivity contribution in [2.75, 3.05) is 5.32 Å². The highest BCUT2D eigenvalue weighted by molar-refractivity contribution is 5.98. The SMILES string of the molecule is C=C(CCC)Nc1cc2c(-c3ccncc3)nc(-c3cc(F)ccc3C)cc2cn1. The van der Waals surface area contributed by atoms with Crippen LogP contribution in [0.15, 0.2) is 73.3 Å². The first-order chi connectivity index (χ1) is 14.5. The Labute approximate surface area is 175 Å². The number of nitrogens with one attached hydrogen (secondary N) is 1. The highest BCUT2D eigenvalue weighted by Gasteiger charge is 2.13. The Balaban J connectivity index is 1.91. The minimum Gasteiger partial charge on any atom is -0.344 e. The number of halogens is 1. The van der Waals surface area contributed by atoms with Gasteiger partial charge in [0.25, 0.3) is 0 Å². The summed E-state index contributed by atoms with van der Waals surface area (Å²) in [6, 6.07) is 12.6. The van der Waals surface area contributed by atoms with Crippen LogP contribution in [0, 0.1) is 12.7 Å². The molecule has 5 heteroatoms. The van der Waals surface area contributed by atoms with Crippen LogP contribution < -0.4 is 5.32 Å². The van der Waals surface area contributed by atoms with Gasteiger partial charge in [0.2, 0.25) is 0 Å². The lowest BCUT2D eigenvalue weighted by molar-refractivity contribution is 0.628. The Kier molecular flexibility index (Phi) is 5.53. The number of pyridine rings is 3. The molecule has 0 fully saturated rings.